The van der Waals surface area contributed by atoms with Crippen LogP contribution in [0.25, 0.3) is 0 Å². The van der Waals surface area contributed by atoms with Gasteiger partial charge in [-0.15, -0.1) is 11.3 Å². The zero-order chi connectivity index (χ0) is 9.35. The lowest BCUT2D eigenvalue weighted by Crippen LogP contribution is -1.97. The van der Waals surface area contributed by atoms with Crippen molar-refractivity contribution in [2.24, 2.45) is 0 Å². The van der Waals surface area contributed by atoms with E-state index < -0.39 is 9.76 Å². The van der Waals surface area contributed by atoms with Gasteiger partial charge >= 0.3 is 5.97 Å². The Balaban J connectivity index is 3.00. The van der Waals surface area contributed by atoms with Crippen LogP contribution in [0.1, 0.15) is 14.7 Å². The summed E-state index contributed by atoms with van der Waals surface area (Å²) in [5.41, 5.74) is 0. The standard InChI is InChI=1S/C5H2Cl3NO2S/c6-5(7,8)4-9-1-2(12-4)3(10)11/h1H,(H,10,11). The van der Waals surface area contributed by atoms with Crippen molar-refractivity contribution in [3.63, 3.8) is 0 Å². The maximum Gasteiger partial charge on any atom is 0.347 e. The van der Waals surface area contributed by atoms with Gasteiger partial charge in [0.05, 0.1) is 6.20 Å². The molecule has 1 aromatic heterocycles. The van der Waals surface area contributed by atoms with Crippen molar-refractivity contribution < 1.29 is 9.90 Å². The third kappa shape index (κ3) is 2.23. The molecule has 0 unspecified atom stereocenters. The van der Waals surface area contributed by atoms with Crippen molar-refractivity contribution in [1.29, 1.82) is 0 Å². The van der Waals surface area contributed by atoms with Crippen LogP contribution in [0.15, 0.2) is 6.20 Å². The molecule has 1 heterocycles. The second kappa shape index (κ2) is 3.38. The van der Waals surface area contributed by atoms with Gasteiger partial charge in [0, 0.05) is 0 Å². The van der Waals surface area contributed by atoms with Gasteiger partial charge in [0.25, 0.3) is 0 Å². The Morgan fingerprint density at radius 2 is 2.17 bits per heavy atom. The van der Waals surface area contributed by atoms with E-state index in [1.54, 1.807) is 0 Å². The molecule has 0 aliphatic rings. The normalized spacial score (nSPS) is 11.6. The molecule has 0 bridgehead atoms. The minimum Gasteiger partial charge on any atom is -0.477 e. The van der Waals surface area contributed by atoms with Gasteiger partial charge in [-0.2, -0.15) is 0 Å². The van der Waals surface area contributed by atoms with Gasteiger partial charge in [-0.25, -0.2) is 9.78 Å². The lowest BCUT2D eigenvalue weighted by molar-refractivity contribution is 0.0702. The Hall–Kier alpha value is -0.0300. The van der Waals surface area contributed by atoms with Crippen molar-refractivity contribution in [3.05, 3.63) is 16.1 Å². The molecule has 12 heavy (non-hydrogen) atoms. The van der Waals surface area contributed by atoms with Crippen LogP contribution in [0, 0.1) is 0 Å². The maximum atomic E-state index is 10.4. The van der Waals surface area contributed by atoms with Crippen LogP contribution in [-0.2, 0) is 3.79 Å². The minimum atomic E-state index is -1.64. The number of rotatable bonds is 1. The monoisotopic (exact) mass is 245 g/mol. The number of carbonyl (C=O) groups is 1. The fourth-order valence-corrected chi connectivity index (χ4v) is 1.62. The molecule has 0 fully saturated rings. The number of carboxylic acid groups (broad SMARTS) is 1. The lowest BCUT2D eigenvalue weighted by atomic mass is 10.6. The summed E-state index contributed by atoms with van der Waals surface area (Å²) >= 11 is 17.2. The van der Waals surface area contributed by atoms with E-state index in [0.717, 1.165) is 17.5 Å². The molecule has 0 aliphatic carbocycles. The van der Waals surface area contributed by atoms with Crippen LogP contribution < -0.4 is 0 Å². The van der Waals surface area contributed by atoms with Crippen LogP contribution in [-0.4, -0.2) is 16.1 Å². The highest BCUT2D eigenvalue weighted by molar-refractivity contribution is 7.14. The Kier molecular flexibility index (Phi) is 2.83. The SMILES string of the molecule is O=C(O)c1cnc(C(Cl)(Cl)Cl)s1. The number of hydrogen-bond donors (Lipinski definition) is 1. The van der Waals surface area contributed by atoms with E-state index in [4.69, 9.17) is 39.9 Å². The van der Waals surface area contributed by atoms with Gasteiger partial charge in [-0.1, -0.05) is 34.8 Å². The van der Waals surface area contributed by atoms with Crippen LogP contribution >= 0.6 is 46.1 Å². The minimum absolute atomic E-state index is 0.0522. The van der Waals surface area contributed by atoms with Crippen molar-refractivity contribution >= 4 is 52.1 Å². The summed E-state index contributed by atoms with van der Waals surface area (Å²) in [6.07, 6.45) is 1.16. The molecule has 0 saturated heterocycles. The molecule has 1 N–H and O–H groups in total. The van der Waals surface area contributed by atoms with E-state index >= 15 is 0 Å². The molecular weight excluding hydrogens is 244 g/mol. The number of alkyl halides is 3. The van der Waals surface area contributed by atoms with Gasteiger partial charge in [-0.05, 0) is 0 Å². The molecule has 3 nitrogen and oxygen atoms in total. The van der Waals surface area contributed by atoms with Crippen molar-refractivity contribution in [2.75, 3.05) is 0 Å². The Bertz CT molecular complexity index is 306. The van der Waals surface area contributed by atoms with Crippen LogP contribution in [0.4, 0.5) is 0 Å². The Morgan fingerprint density at radius 3 is 2.42 bits per heavy atom. The molecule has 7 heteroatoms. The predicted octanol–water partition coefficient (Wildman–Crippen LogP) is 2.67. The number of hydrogen-bond acceptors (Lipinski definition) is 3. The van der Waals surface area contributed by atoms with Gasteiger partial charge in [0.1, 0.15) is 9.88 Å². The first-order chi connectivity index (χ1) is 5.41. The van der Waals surface area contributed by atoms with Gasteiger partial charge in [-0.3, -0.25) is 0 Å². The van der Waals surface area contributed by atoms with Crippen LogP contribution in [0.2, 0.25) is 0 Å². The lowest BCUT2D eigenvalue weighted by Gasteiger charge is -2.03. The first-order valence-corrected chi connectivity index (χ1v) is 4.62. The molecule has 66 valence electrons. The summed E-state index contributed by atoms with van der Waals surface area (Å²) in [5, 5.41) is 8.66. The second-order valence-electron chi connectivity index (χ2n) is 1.83. The molecule has 0 atom stereocenters. The smallest absolute Gasteiger partial charge is 0.347 e. The average molecular weight is 247 g/mol. The van der Waals surface area contributed by atoms with E-state index in [0.29, 0.717) is 0 Å². The first-order valence-electron chi connectivity index (χ1n) is 2.67. The van der Waals surface area contributed by atoms with E-state index in [1.165, 1.54) is 0 Å². The zero-order valence-corrected chi connectivity index (χ0v) is 8.51. The molecule has 0 aliphatic heterocycles. The third-order valence-electron chi connectivity index (χ3n) is 0.959. The summed E-state index contributed by atoms with van der Waals surface area (Å²) in [5.74, 6) is -1.08. The van der Waals surface area contributed by atoms with Crippen LogP contribution in [0.3, 0.4) is 0 Å². The topological polar surface area (TPSA) is 50.2 Å². The van der Waals surface area contributed by atoms with Gasteiger partial charge in [0.15, 0.2) is 0 Å². The number of nitrogens with zero attached hydrogens (tertiary/aromatic N) is 1. The first kappa shape index (κ1) is 10.1. The molecule has 0 amide bonds. The quantitative estimate of drug-likeness (QED) is 0.775. The highest BCUT2D eigenvalue weighted by Gasteiger charge is 2.27. The average Bonchev–Trinajstić information content (AvgIpc) is 2.30. The summed E-state index contributed by atoms with van der Waals surface area (Å²) < 4.78 is -1.64. The number of thiazole rings is 1. The zero-order valence-electron chi connectivity index (χ0n) is 5.42. The molecule has 0 saturated carbocycles. The van der Waals surface area contributed by atoms with Gasteiger partial charge in [0.2, 0.25) is 3.79 Å². The third-order valence-corrected chi connectivity index (χ3v) is 2.94. The Labute approximate surface area is 86.9 Å². The maximum absolute atomic E-state index is 10.4. The molecule has 1 aromatic rings. The highest BCUT2D eigenvalue weighted by Crippen LogP contribution is 2.40. The second-order valence-corrected chi connectivity index (χ2v) is 5.14. The largest absolute Gasteiger partial charge is 0.477 e. The van der Waals surface area contributed by atoms with Crippen molar-refractivity contribution in [2.45, 2.75) is 3.79 Å². The highest BCUT2D eigenvalue weighted by atomic mass is 35.6. The van der Waals surface area contributed by atoms with E-state index in [9.17, 15) is 4.79 Å². The number of aromatic nitrogens is 1. The number of halogens is 3. The van der Waals surface area contributed by atoms with E-state index in [2.05, 4.69) is 4.98 Å². The van der Waals surface area contributed by atoms with Crippen LogP contribution in [0.5, 0.6) is 0 Å². The molecule has 0 aromatic carbocycles. The fraction of sp³-hybridized carbons (Fsp3) is 0.200. The fourth-order valence-electron chi connectivity index (χ4n) is 0.504. The predicted molar refractivity (Wildman–Crippen MR) is 48.3 cm³/mol. The summed E-state index contributed by atoms with van der Waals surface area (Å²) in [4.78, 5) is 14.1. The summed E-state index contributed by atoms with van der Waals surface area (Å²) in [6, 6.07) is 0. The van der Waals surface area contributed by atoms with E-state index in [-0.39, 0.29) is 9.88 Å². The molecule has 0 radical (unpaired) electrons. The Morgan fingerprint density at radius 1 is 1.58 bits per heavy atom. The molecule has 1 rings (SSSR count). The van der Waals surface area contributed by atoms with Crippen molar-refractivity contribution in [3.8, 4) is 0 Å². The summed E-state index contributed by atoms with van der Waals surface area (Å²) in [6.45, 7) is 0. The molecule has 0 spiro atoms. The van der Waals surface area contributed by atoms with E-state index in [1.807, 2.05) is 0 Å². The molecular formula is C5H2Cl3NO2S. The number of aromatic carboxylic acids is 1. The van der Waals surface area contributed by atoms with Crippen molar-refractivity contribution in [1.82, 2.24) is 4.98 Å². The van der Waals surface area contributed by atoms with Gasteiger partial charge < -0.3 is 5.11 Å². The number of carboxylic acids is 1. The summed E-state index contributed by atoms with van der Waals surface area (Å²) in [7, 11) is 0.